The first-order valence-electron chi connectivity index (χ1n) is 8.62. The number of hydrogen-bond donors (Lipinski definition) is 0. The third kappa shape index (κ3) is 3.54. The lowest BCUT2D eigenvalue weighted by Crippen LogP contribution is -2.45. The molecule has 0 radical (unpaired) electrons. The molecule has 0 spiro atoms. The van der Waals surface area contributed by atoms with Gasteiger partial charge in [-0.2, -0.15) is 0 Å². The van der Waals surface area contributed by atoms with E-state index in [1.54, 1.807) is 25.4 Å². The molecule has 0 bridgehead atoms. The number of nitrogens with zero attached hydrogens (tertiary/aromatic N) is 5. The molecular weight excluding hydrogens is 362 g/mol. The van der Waals surface area contributed by atoms with Gasteiger partial charge in [-0.15, -0.1) is 10.2 Å². The summed E-state index contributed by atoms with van der Waals surface area (Å²) in [6.45, 7) is -0.144. The Labute approximate surface area is 160 Å². The fourth-order valence-corrected chi connectivity index (χ4v) is 2.76. The maximum absolute atomic E-state index is 12.6. The molecule has 0 atom stereocenters. The summed E-state index contributed by atoms with van der Waals surface area (Å²) in [7, 11) is 1.61. The van der Waals surface area contributed by atoms with E-state index in [1.165, 1.54) is 9.80 Å². The average molecular weight is 379 g/mol. The van der Waals surface area contributed by atoms with E-state index in [1.807, 2.05) is 30.3 Å². The normalized spacial score (nSPS) is 13.0. The Kier molecular flexibility index (Phi) is 4.71. The molecule has 2 aromatic heterocycles. The van der Waals surface area contributed by atoms with E-state index in [0.29, 0.717) is 23.3 Å². The third-order valence-corrected chi connectivity index (χ3v) is 4.24. The zero-order valence-corrected chi connectivity index (χ0v) is 15.1. The summed E-state index contributed by atoms with van der Waals surface area (Å²) in [5.74, 6) is 0.898. The van der Waals surface area contributed by atoms with Crippen molar-refractivity contribution in [2.75, 3.05) is 25.1 Å². The van der Waals surface area contributed by atoms with E-state index in [2.05, 4.69) is 15.2 Å². The van der Waals surface area contributed by atoms with Crippen molar-refractivity contribution in [2.45, 2.75) is 6.54 Å². The fourth-order valence-electron chi connectivity index (χ4n) is 2.76. The Bertz CT molecular complexity index is 1000. The van der Waals surface area contributed by atoms with E-state index >= 15 is 0 Å². The van der Waals surface area contributed by atoms with Crippen LogP contribution in [0.3, 0.4) is 0 Å². The van der Waals surface area contributed by atoms with Gasteiger partial charge in [0.25, 0.3) is 5.91 Å². The summed E-state index contributed by atoms with van der Waals surface area (Å²) < 4.78 is 11.0. The van der Waals surface area contributed by atoms with Gasteiger partial charge in [0.1, 0.15) is 6.54 Å². The van der Waals surface area contributed by atoms with E-state index in [9.17, 15) is 9.59 Å². The minimum Gasteiger partial charge on any atom is -0.480 e. The molecular formula is C19H17N5O4. The predicted molar refractivity (Wildman–Crippen MR) is 98.3 cm³/mol. The highest BCUT2D eigenvalue weighted by molar-refractivity contribution is 6.01. The van der Waals surface area contributed by atoms with Gasteiger partial charge in [-0.3, -0.25) is 14.5 Å². The lowest BCUT2D eigenvalue weighted by Gasteiger charge is -2.28. The van der Waals surface area contributed by atoms with Crippen molar-refractivity contribution in [3.8, 4) is 17.2 Å². The number of likely N-dealkylation sites (N-methyl/N-ethyl adjacent to an activating group) is 1. The number of fused-ring (bicyclic) bond motifs is 1. The Morgan fingerprint density at radius 2 is 2.00 bits per heavy atom. The molecule has 28 heavy (non-hydrogen) atoms. The van der Waals surface area contributed by atoms with Crippen molar-refractivity contribution < 1.29 is 18.7 Å². The molecule has 3 heterocycles. The van der Waals surface area contributed by atoms with Crippen LogP contribution in [0.4, 0.5) is 5.82 Å². The fraction of sp³-hybridized carbons (Fsp3) is 0.211. The van der Waals surface area contributed by atoms with Crippen LogP contribution in [-0.4, -0.2) is 52.1 Å². The maximum atomic E-state index is 12.6. The molecule has 0 N–H and O–H groups in total. The van der Waals surface area contributed by atoms with Crippen LogP contribution in [0.1, 0.15) is 5.89 Å². The Balaban J connectivity index is 1.43. The quantitative estimate of drug-likeness (QED) is 0.662. The number of ether oxygens (including phenoxy) is 1. The summed E-state index contributed by atoms with van der Waals surface area (Å²) in [6.07, 6.45) is 1.55. The zero-order chi connectivity index (χ0) is 19.5. The van der Waals surface area contributed by atoms with Crippen LogP contribution in [0, 0.1) is 0 Å². The summed E-state index contributed by atoms with van der Waals surface area (Å²) in [4.78, 5) is 31.7. The van der Waals surface area contributed by atoms with Crippen molar-refractivity contribution in [3.63, 3.8) is 0 Å². The molecule has 3 aromatic rings. The van der Waals surface area contributed by atoms with Gasteiger partial charge in [-0.05, 0) is 24.3 Å². The molecule has 1 aliphatic rings. The second-order valence-electron chi connectivity index (χ2n) is 6.21. The molecule has 0 fully saturated rings. The molecule has 9 heteroatoms. The first kappa shape index (κ1) is 17.7. The van der Waals surface area contributed by atoms with Crippen molar-refractivity contribution in [1.82, 2.24) is 20.1 Å². The first-order valence-corrected chi connectivity index (χ1v) is 8.62. The average Bonchev–Trinajstić information content (AvgIpc) is 3.19. The van der Waals surface area contributed by atoms with Gasteiger partial charge in [0, 0.05) is 18.8 Å². The lowest BCUT2D eigenvalue weighted by atomic mass is 10.2. The van der Waals surface area contributed by atoms with E-state index in [4.69, 9.17) is 9.15 Å². The number of benzene rings is 1. The highest BCUT2D eigenvalue weighted by Crippen LogP contribution is 2.28. The Morgan fingerprint density at radius 3 is 2.82 bits per heavy atom. The molecule has 0 unspecified atom stereocenters. The van der Waals surface area contributed by atoms with Gasteiger partial charge in [0.2, 0.25) is 17.7 Å². The SMILES string of the molecule is CN(Cc1nnc(-c2ccccc2)o1)C(=O)CN1C(=O)COc2cccnc21. The highest BCUT2D eigenvalue weighted by Gasteiger charge is 2.29. The maximum Gasteiger partial charge on any atom is 0.266 e. The number of carbonyl (C=O) groups is 2. The molecule has 0 saturated carbocycles. The topological polar surface area (TPSA) is 102 Å². The van der Waals surface area contributed by atoms with Gasteiger partial charge >= 0.3 is 0 Å². The van der Waals surface area contributed by atoms with Gasteiger partial charge in [0.15, 0.2) is 18.2 Å². The van der Waals surface area contributed by atoms with Crippen molar-refractivity contribution >= 4 is 17.6 Å². The molecule has 1 aliphatic heterocycles. The van der Waals surface area contributed by atoms with Crippen molar-refractivity contribution in [2.24, 2.45) is 0 Å². The highest BCUT2D eigenvalue weighted by atomic mass is 16.5. The molecule has 4 rings (SSSR count). The second-order valence-corrected chi connectivity index (χ2v) is 6.21. The molecule has 2 amide bonds. The number of hydrogen-bond acceptors (Lipinski definition) is 7. The van der Waals surface area contributed by atoms with Crippen LogP contribution in [0.5, 0.6) is 5.75 Å². The number of anilines is 1. The smallest absolute Gasteiger partial charge is 0.266 e. The number of carbonyl (C=O) groups excluding carboxylic acids is 2. The van der Waals surface area contributed by atoms with Gasteiger partial charge in [-0.25, -0.2) is 4.98 Å². The van der Waals surface area contributed by atoms with E-state index < -0.39 is 0 Å². The van der Waals surface area contributed by atoms with E-state index in [0.717, 1.165) is 5.56 Å². The van der Waals surface area contributed by atoms with Crippen LogP contribution in [0.15, 0.2) is 53.1 Å². The second kappa shape index (κ2) is 7.47. The van der Waals surface area contributed by atoms with Crippen LogP contribution in [0.2, 0.25) is 0 Å². The van der Waals surface area contributed by atoms with Gasteiger partial charge in [-0.1, -0.05) is 18.2 Å². The Hall–Kier alpha value is -3.75. The molecule has 1 aromatic carbocycles. The van der Waals surface area contributed by atoms with Crippen LogP contribution >= 0.6 is 0 Å². The minimum atomic E-state index is -0.322. The van der Waals surface area contributed by atoms with Crippen molar-refractivity contribution in [3.05, 3.63) is 54.6 Å². The monoisotopic (exact) mass is 379 g/mol. The van der Waals surface area contributed by atoms with Gasteiger partial charge < -0.3 is 14.1 Å². The van der Waals surface area contributed by atoms with Crippen LogP contribution < -0.4 is 9.64 Å². The summed E-state index contributed by atoms with van der Waals surface area (Å²) in [6, 6.07) is 12.8. The lowest BCUT2D eigenvalue weighted by molar-refractivity contribution is -0.131. The van der Waals surface area contributed by atoms with Crippen molar-refractivity contribution in [1.29, 1.82) is 0 Å². The number of pyridine rings is 1. The number of amides is 2. The minimum absolute atomic E-state index is 0.125. The zero-order valence-electron chi connectivity index (χ0n) is 15.1. The molecule has 9 nitrogen and oxygen atoms in total. The third-order valence-electron chi connectivity index (χ3n) is 4.24. The first-order chi connectivity index (χ1) is 13.6. The molecule has 0 saturated heterocycles. The summed E-state index contributed by atoms with van der Waals surface area (Å²) in [5.41, 5.74) is 0.803. The standard InChI is InChI=1S/C19H17N5O4/c1-23(10-15-21-22-19(28-15)13-6-3-2-4-7-13)16(25)11-24-17(26)12-27-14-8-5-9-20-18(14)24/h2-9H,10-12H2,1H3. The Morgan fingerprint density at radius 1 is 1.18 bits per heavy atom. The summed E-state index contributed by atoms with van der Waals surface area (Å²) in [5, 5.41) is 8.00. The van der Waals surface area contributed by atoms with Gasteiger partial charge in [0.05, 0.1) is 6.54 Å². The van der Waals surface area contributed by atoms with Crippen LogP contribution in [0.25, 0.3) is 11.5 Å². The van der Waals surface area contributed by atoms with E-state index in [-0.39, 0.29) is 31.5 Å². The summed E-state index contributed by atoms with van der Waals surface area (Å²) >= 11 is 0. The number of aromatic nitrogens is 3. The molecule has 142 valence electrons. The molecule has 0 aliphatic carbocycles. The van der Waals surface area contributed by atoms with Crippen LogP contribution in [-0.2, 0) is 16.1 Å². The number of rotatable bonds is 5. The predicted octanol–water partition coefficient (Wildman–Crippen LogP) is 1.52. The largest absolute Gasteiger partial charge is 0.480 e.